The molecule has 4 amide bonds. The second-order valence-electron chi connectivity index (χ2n) is 6.06. The van der Waals surface area contributed by atoms with E-state index in [1.54, 1.807) is 0 Å². The van der Waals surface area contributed by atoms with Crippen LogP contribution in [0, 0.1) is 5.82 Å². The van der Waals surface area contributed by atoms with Crippen molar-refractivity contribution < 1.29 is 33.4 Å². The normalized spacial score (nSPS) is 16.6. The topological polar surface area (TPSA) is 116 Å². The van der Waals surface area contributed by atoms with Gasteiger partial charge < -0.3 is 14.6 Å². The van der Waals surface area contributed by atoms with Crippen LogP contribution < -0.4 is 20.1 Å². The predicted octanol–water partition coefficient (Wildman–Crippen LogP) is 1.01. The average molecular weight is 397 g/mol. The highest BCUT2D eigenvalue weighted by Gasteiger charge is 2.37. The molecular formula is C20H14FN2O6-. The molecule has 0 aromatic heterocycles. The zero-order valence-corrected chi connectivity index (χ0v) is 15.0. The number of carbonyl (C=O) groups excluding carboxylic acids is 4. The van der Waals surface area contributed by atoms with Crippen LogP contribution in [0.1, 0.15) is 12.5 Å². The number of ether oxygens (including phenoxy) is 1. The van der Waals surface area contributed by atoms with Crippen molar-refractivity contribution in [3.05, 3.63) is 65.5 Å². The van der Waals surface area contributed by atoms with E-state index in [1.807, 2.05) is 5.32 Å². The van der Waals surface area contributed by atoms with Gasteiger partial charge in [-0.2, -0.15) is 0 Å². The molecule has 3 rings (SSSR count). The molecule has 148 valence electrons. The molecule has 0 spiro atoms. The third-order valence-corrected chi connectivity index (χ3v) is 4.03. The highest BCUT2D eigenvalue weighted by molar-refractivity contribution is 6.39. The van der Waals surface area contributed by atoms with Crippen molar-refractivity contribution in [2.45, 2.75) is 13.0 Å². The van der Waals surface area contributed by atoms with E-state index in [9.17, 15) is 28.7 Å². The van der Waals surface area contributed by atoms with E-state index >= 15 is 0 Å². The maximum atomic E-state index is 14.0. The molecule has 1 saturated heterocycles. The number of nitrogens with one attached hydrogen (secondary N) is 1. The number of benzene rings is 2. The molecule has 1 aliphatic heterocycles. The van der Waals surface area contributed by atoms with E-state index in [1.165, 1.54) is 55.5 Å². The largest absolute Gasteiger partial charge is 0.546 e. The number of amides is 4. The van der Waals surface area contributed by atoms with Crippen LogP contribution >= 0.6 is 0 Å². The number of carboxylic acids is 1. The first-order valence-electron chi connectivity index (χ1n) is 8.41. The highest BCUT2D eigenvalue weighted by atomic mass is 19.1. The van der Waals surface area contributed by atoms with Gasteiger partial charge in [-0.25, -0.2) is 14.1 Å². The number of anilines is 1. The van der Waals surface area contributed by atoms with Crippen molar-refractivity contribution in [1.29, 1.82) is 0 Å². The minimum absolute atomic E-state index is 0.242. The lowest BCUT2D eigenvalue weighted by Gasteiger charge is -2.26. The highest BCUT2D eigenvalue weighted by Crippen LogP contribution is 2.24. The molecule has 1 fully saturated rings. The number of imide groups is 2. The van der Waals surface area contributed by atoms with Gasteiger partial charge in [0.2, 0.25) is 0 Å². The monoisotopic (exact) mass is 397 g/mol. The van der Waals surface area contributed by atoms with E-state index < -0.39 is 35.7 Å². The van der Waals surface area contributed by atoms with Gasteiger partial charge in [0.15, 0.2) is 0 Å². The summed E-state index contributed by atoms with van der Waals surface area (Å²) in [5.74, 6) is -3.83. The number of hydrogen-bond donors (Lipinski definition) is 1. The Bertz CT molecular complexity index is 1030. The zero-order chi connectivity index (χ0) is 21.1. The SMILES string of the molecule is C[C@H](Oc1ccc(/C=C2/C(=O)NC(=O)N(c3ccccc3F)C2=O)cc1)C(=O)[O-]. The van der Waals surface area contributed by atoms with Crippen LogP contribution in [-0.4, -0.2) is 29.9 Å². The number of barbiturate groups is 1. The lowest BCUT2D eigenvalue weighted by molar-refractivity contribution is -0.312. The fraction of sp³-hybridized carbons (Fsp3) is 0.100. The first kappa shape index (κ1) is 19.7. The molecule has 1 N–H and O–H groups in total. The third-order valence-electron chi connectivity index (χ3n) is 4.03. The Hall–Kier alpha value is -4.01. The summed E-state index contributed by atoms with van der Waals surface area (Å²) >= 11 is 0. The molecule has 0 aliphatic carbocycles. The zero-order valence-electron chi connectivity index (χ0n) is 15.0. The smallest absolute Gasteiger partial charge is 0.336 e. The minimum Gasteiger partial charge on any atom is -0.546 e. The Kier molecular flexibility index (Phi) is 5.40. The van der Waals surface area contributed by atoms with Crippen LogP contribution in [0.5, 0.6) is 5.75 Å². The molecule has 9 heteroatoms. The van der Waals surface area contributed by atoms with Crippen LogP contribution in [0.25, 0.3) is 6.08 Å². The predicted molar refractivity (Wildman–Crippen MR) is 96.9 cm³/mol. The van der Waals surface area contributed by atoms with E-state index in [0.717, 1.165) is 6.07 Å². The number of carboxylic acid groups (broad SMARTS) is 1. The van der Waals surface area contributed by atoms with Gasteiger partial charge in [-0.3, -0.25) is 14.9 Å². The van der Waals surface area contributed by atoms with Crippen molar-refractivity contribution in [2.24, 2.45) is 0 Å². The quantitative estimate of drug-likeness (QED) is 0.595. The number of hydrogen-bond acceptors (Lipinski definition) is 6. The maximum absolute atomic E-state index is 14.0. The summed E-state index contributed by atoms with van der Waals surface area (Å²) in [7, 11) is 0. The number of halogens is 1. The van der Waals surface area contributed by atoms with Gasteiger partial charge in [0, 0.05) is 0 Å². The number of nitrogens with zero attached hydrogens (tertiary/aromatic N) is 1. The van der Waals surface area contributed by atoms with Crippen molar-refractivity contribution in [1.82, 2.24) is 5.32 Å². The van der Waals surface area contributed by atoms with Crippen LogP contribution in [0.3, 0.4) is 0 Å². The Morgan fingerprint density at radius 3 is 2.41 bits per heavy atom. The molecule has 0 bridgehead atoms. The van der Waals surface area contributed by atoms with Gasteiger partial charge in [-0.1, -0.05) is 24.3 Å². The van der Waals surface area contributed by atoms with E-state index in [4.69, 9.17) is 4.74 Å². The Balaban J connectivity index is 1.89. The molecule has 0 unspecified atom stereocenters. The summed E-state index contributed by atoms with van der Waals surface area (Å²) in [5, 5.41) is 12.7. The van der Waals surface area contributed by atoms with E-state index in [0.29, 0.717) is 10.5 Å². The maximum Gasteiger partial charge on any atom is 0.336 e. The molecule has 2 aromatic carbocycles. The first-order chi connectivity index (χ1) is 13.8. The number of rotatable bonds is 5. The minimum atomic E-state index is -1.38. The molecule has 1 atom stereocenters. The van der Waals surface area contributed by atoms with Gasteiger partial charge in [-0.05, 0) is 42.8 Å². The lowest BCUT2D eigenvalue weighted by atomic mass is 10.1. The van der Waals surface area contributed by atoms with Crippen molar-refractivity contribution in [2.75, 3.05) is 4.90 Å². The molecule has 1 heterocycles. The molecule has 8 nitrogen and oxygen atoms in total. The van der Waals surface area contributed by atoms with Crippen LogP contribution in [0.15, 0.2) is 54.1 Å². The van der Waals surface area contributed by atoms with E-state index in [2.05, 4.69) is 0 Å². The van der Waals surface area contributed by atoms with Gasteiger partial charge in [0.25, 0.3) is 11.8 Å². The van der Waals surface area contributed by atoms with Gasteiger partial charge in [0.05, 0.1) is 11.7 Å². The second kappa shape index (κ2) is 7.93. The molecule has 1 aliphatic rings. The molecule has 0 saturated carbocycles. The summed E-state index contributed by atoms with van der Waals surface area (Å²) in [4.78, 5) is 48.2. The van der Waals surface area contributed by atoms with Gasteiger partial charge >= 0.3 is 6.03 Å². The summed E-state index contributed by atoms with van der Waals surface area (Å²) in [6.07, 6.45) is 0.0643. The van der Waals surface area contributed by atoms with Crippen LogP contribution in [0.2, 0.25) is 0 Å². The molecule has 0 radical (unpaired) electrons. The number of carbonyl (C=O) groups is 4. The molecule has 29 heavy (non-hydrogen) atoms. The summed E-state index contributed by atoms with van der Waals surface area (Å²) < 4.78 is 19.2. The fourth-order valence-electron chi connectivity index (χ4n) is 2.57. The molecule has 2 aromatic rings. The standard InChI is InChI=1S/C20H15FN2O6/c1-11(19(26)27)29-13-8-6-12(7-9-13)10-14-17(24)22-20(28)23(18(14)25)16-5-3-2-4-15(16)21/h2-11H,1H3,(H,26,27)(H,22,24,28)/p-1/b14-10-/t11-/m0/s1. The lowest BCUT2D eigenvalue weighted by Crippen LogP contribution is -2.54. The van der Waals surface area contributed by atoms with Crippen molar-refractivity contribution in [3.63, 3.8) is 0 Å². The summed E-state index contributed by atoms with van der Waals surface area (Å²) in [6.45, 7) is 1.31. The first-order valence-corrected chi connectivity index (χ1v) is 8.41. The number of urea groups is 1. The van der Waals surface area contributed by atoms with Crippen LogP contribution in [-0.2, 0) is 14.4 Å². The molecular weight excluding hydrogens is 383 g/mol. The Labute approximate surface area is 164 Å². The second-order valence-corrected chi connectivity index (χ2v) is 6.06. The van der Waals surface area contributed by atoms with E-state index in [-0.39, 0.29) is 17.0 Å². The summed E-state index contributed by atoms with van der Waals surface area (Å²) in [5.41, 5.74) is -0.252. The number of aliphatic carboxylic acids is 1. The van der Waals surface area contributed by atoms with Crippen molar-refractivity contribution >= 4 is 35.6 Å². The Morgan fingerprint density at radius 2 is 1.79 bits per heavy atom. The number of para-hydroxylation sites is 1. The van der Waals surface area contributed by atoms with Crippen LogP contribution in [0.4, 0.5) is 14.9 Å². The fourth-order valence-corrected chi connectivity index (χ4v) is 2.57. The summed E-state index contributed by atoms with van der Waals surface area (Å²) in [6, 6.07) is 9.97. The van der Waals surface area contributed by atoms with Gasteiger partial charge in [-0.15, -0.1) is 0 Å². The van der Waals surface area contributed by atoms with Crippen molar-refractivity contribution in [3.8, 4) is 5.75 Å². The Morgan fingerprint density at radius 1 is 1.14 bits per heavy atom. The van der Waals surface area contributed by atoms with Gasteiger partial charge in [0.1, 0.15) is 23.2 Å². The third kappa shape index (κ3) is 4.13. The average Bonchev–Trinajstić information content (AvgIpc) is 2.67.